The average molecular weight is 319 g/mol. The SMILES string of the molecule is Cc1ccc(C#N)c(NCc2cc(F)ccc2Br)c1. The second-order valence-electron chi connectivity index (χ2n) is 4.25. The highest BCUT2D eigenvalue weighted by molar-refractivity contribution is 9.10. The highest BCUT2D eigenvalue weighted by Gasteiger charge is 2.05. The van der Waals surface area contributed by atoms with Gasteiger partial charge in [0.2, 0.25) is 0 Å². The van der Waals surface area contributed by atoms with E-state index in [2.05, 4.69) is 27.3 Å². The van der Waals surface area contributed by atoms with E-state index in [9.17, 15) is 4.39 Å². The highest BCUT2D eigenvalue weighted by atomic mass is 79.9. The highest BCUT2D eigenvalue weighted by Crippen LogP contribution is 2.21. The molecular formula is C15H12BrFN2. The first kappa shape index (κ1) is 13.6. The molecule has 0 saturated carbocycles. The summed E-state index contributed by atoms with van der Waals surface area (Å²) < 4.78 is 14.0. The third-order valence-corrected chi connectivity index (χ3v) is 3.55. The monoisotopic (exact) mass is 318 g/mol. The summed E-state index contributed by atoms with van der Waals surface area (Å²) in [6.07, 6.45) is 0. The van der Waals surface area contributed by atoms with Gasteiger partial charge in [-0.15, -0.1) is 0 Å². The summed E-state index contributed by atoms with van der Waals surface area (Å²) in [6.45, 7) is 2.42. The van der Waals surface area contributed by atoms with Gasteiger partial charge in [-0.05, 0) is 48.4 Å². The quantitative estimate of drug-likeness (QED) is 0.911. The Morgan fingerprint density at radius 1 is 1.26 bits per heavy atom. The first-order chi connectivity index (χ1) is 9.10. The molecule has 0 atom stereocenters. The molecule has 19 heavy (non-hydrogen) atoms. The predicted octanol–water partition coefficient (Wildman–Crippen LogP) is 4.38. The molecule has 0 radical (unpaired) electrons. The van der Waals surface area contributed by atoms with Gasteiger partial charge in [0.15, 0.2) is 0 Å². The molecular weight excluding hydrogens is 307 g/mol. The van der Waals surface area contributed by atoms with Crippen LogP contribution in [0.2, 0.25) is 0 Å². The van der Waals surface area contributed by atoms with Crippen molar-refractivity contribution in [3.05, 3.63) is 63.4 Å². The Morgan fingerprint density at radius 2 is 2.05 bits per heavy atom. The number of nitriles is 1. The molecule has 96 valence electrons. The molecule has 1 N–H and O–H groups in total. The summed E-state index contributed by atoms with van der Waals surface area (Å²) >= 11 is 3.38. The lowest BCUT2D eigenvalue weighted by atomic mass is 10.1. The number of hydrogen-bond donors (Lipinski definition) is 1. The van der Waals surface area contributed by atoms with Gasteiger partial charge in [0, 0.05) is 11.0 Å². The van der Waals surface area contributed by atoms with Crippen molar-refractivity contribution in [1.82, 2.24) is 0 Å². The number of nitrogens with one attached hydrogen (secondary N) is 1. The van der Waals surface area contributed by atoms with Gasteiger partial charge < -0.3 is 5.32 Å². The van der Waals surface area contributed by atoms with E-state index < -0.39 is 0 Å². The molecule has 0 aliphatic rings. The van der Waals surface area contributed by atoms with Gasteiger partial charge in [0.05, 0.1) is 11.3 Å². The summed E-state index contributed by atoms with van der Waals surface area (Å²) in [5.74, 6) is -0.273. The van der Waals surface area contributed by atoms with Crippen molar-refractivity contribution in [2.24, 2.45) is 0 Å². The Bertz CT molecular complexity index is 647. The second kappa shape index (κ2) is 5.85. The topological polar surface area (TPSA) is 35.8 Å². The van der Waals surface area contributed by atoms with E-state index in [1.807, 2.05) is 19.1 Å². The Labute approximate surface area is 120 Å². The van der Waals surface area contributed by atoms with Crippen LogP contribution in [0, 0.1) is 24.1 Å². The molecule has 0 heterocycles. The second-order valence-corrected chi connectivity index (χ2v) is 5.10. The van der Waals surface area contributed by atoms with Crippen molar-refractivity contribution >= 4 is 21.6 Å². The van der Waals surface area contributed by atoms with Gasteiger partial charge in [0.25, 0.3) is 0 Å². The van der Waals surface area contributed by atoms with Crippen LogP contribution in [0.15, 0.2) is 40.9 Å². The first-order valence-electron chi connectivity index (χ1n) is 5.78. The van der Waals surface area contributed by atoms with Crippen LogP contribution in [0.4, 0.5) is 10.1 Å². The van der Waals surface area contributed by atoms with E-state index in [1.54, 1.807) is 12.1 Å². The number of anilines is 1. The molecule has 2 aromatic carbocycles. The molecule has 4 heteroatoms. The van der Waals surface area contributed by atoms with E-state index in [0.717, 1.165) is 21.3 Å². The van der Waals surface area contributed by atoms with Crippen LogP contribution in [-0.2, 0) is 6.54 Å². The van der Waals surface area contributed by atoms with Crippen molar-refractivity contribution in [2.75, 3.05) is 5.32 Å². The van der Waals surface area contributed by atoms with Crippen LogP contribution in [0.3, 0.4) is 0 Å². The van der Waals surface area contributed by atoms with Gasteiger partial charge in [-0.3, -0.25) is 0 Å². The van der Waals surface area contributed by atoms with Crippen LogP contribution in [0.5, 0.6) is 0 Å². The third-order valence-electron chi connectivity index (χ3n) is 2.77. The molecule has 2 nitrogen and oxygen atoms in total. The van der Waals surface area contributed by atoms with E-state index >= 15 is 0 Å². The molecule has 0 aliphatic heterocycles. The van der Waals surface area contributed by atoms with Crippen molar-refractivity contribution < 1.29 is 4.39 Å². The summed E-state index contributed by atoms with van der Waals surface area (Å²) in [5, 5.41) is 12.2. The smallest absolute Gasteiger partial charge is 0.123 e. The van der Waals surface area contributed by atoms with Gasteiger partial charge in [0.1, 0.15) is 11.9 Å². The van der Waals surface area contributed by atoms with Crippen LogP contribution >= 0.6 is 15.9 Å². The van der Waals surface area contributed by atoms with E-state index in [0.29, 0.717) is 12.1 Å². The lowest BCUT2D eigenvalue weighted by Gasteiger charge is -2.10. The molecule has 0 unspecified atom stereocenters. The van der Waals surface area contributed by atoms with Gasteiger partial charge in [-0.2, -0.15) is 5.26 Å². The minimum absolute atomic E-state index is 0.273. The van der Waals surface area contributed by atoms with E-state index in [1.165, 1.54) is 12.1 Å². The van der Waals surface area contributed by atoms with Gasteiger partial charge in [-0.1, -0.05) is 22.0 Å². The van der Waals surface area contributed by atoms with Crippen LogP contribution < -0.4 is 5.32 Å². The molecule has 2 rings (SSSR count). The summed E-state index contributed by atoms with van der Waals surface area (Å²) in [4.78, 5) is 0. The lowest BCUT2D eigenvalue weighted by molar-refractivity contribution is 0.625. The first-order valence-corrected chi connectivity index (χ1v) is 6.58. The molecule has 0 amide bonds. The van der Waals surface area contributed by atoms with Crippen molar-refractivity contribution in [3.63, 3.8) is 0 Å². The normalized spacial score (nSPS) is 10.0. The van der Waals surface area contributed by atoms with Crippen molar-refractivity contribution in [3.8, 4) is 6.07 Å². The van der Waals surface area contributed by atoms with E-state index in [-0.39, 0.29) is 5.82 Å². The van der Waals surface area contributed by atoms with Gasteiger partial charge >= 0.3 is 0 Å². The van der Waals surface area contributed by atoms with Crippen molar-refractivity contribution in [1.29, 1.82) is 5.26 Å². The number of aryl methyl sites for hydroxylation is 1. The Hall–Kier alpha value is -1.86. The number of halogens is 2. The van der Waals surface area contributed by atoms with Crippen LogP contribution in [-0.4, -0.2) is 0 Å². The maximum atomic E-state index is 13.2. The minimum Gasteiger partial charge on any atom is -0.380 e. The largest absolute Gasteiger partial charge is 0.380 e. The summed E-state index contributed by atoms with van der Waals surface area (Å²) in [6, 6.07) is 12.3. The number of benzene rings is 2. The van der Waals surface area contributed by atoms with Crippen molar-refractivity contribution in [2.45, 2.75) is 13.5 Å². The molecule has 0 aromatic heterocycles. The zero-order valence-electron chi connectivity index (χ0n) is 10.4. The molecule has 0 bridgehead atoms. The predicted molar refractivity (Wildman–Crippen MR) is 77.3 cm³/mol. The standard InChI is InChI=1S/C15H12BrFN2/c1-10-2-3-11(8-18)15(6-10)19-9-12-7-13(17)4-5-14(12)16/h2-7,19H,9H2,1H3. The number of nitrogens with zero attached hydrogens (tertiary/aromatic N) is 1. The summed E-state index contributed by atoms with van der Waals surface area (Å²) in [5.41, 5.74) is 3.22. The molecule has 0 saturated heterocycles. The fourth-order valence-electron chi connectivity index (χ4n) is 1.77. The zero-order valence-corrected chi connectivity index (χ0v) is 12.0. The molecule has 2 aromatic rings. The van der Waals surface area contributed by atoms with Crippen LogP contribution in [0.1, 0.15) is 16.7 Å². The Balaban J connectivity index is 2.21. The Kier molecular flexibility index (Phi) is 4.18. The average Bonchev–Trinajstić information content (AvgIpc) is 2.40. The zero-order chi connectivity index (χ0) is 13.8. The van der Waals surface area contributed by atoms with Crippen LogP contribution in [0.25, 0.3) is 0 Å². The Morgan fingerprint density at radius 3 is 2.79 bits per heavy atom. The fourth-order valence-corrected chi connectivity index (χ4v) is 2.16. The third kappa shape index (κ3) is 3.33. The van der Waals surface area contributed by atoms with Gasteiger partial charge in [-0.25, -0.2) is 4.39 Å². The minimum atomic E-state index is -0.273. The maximum Gasteiger partial charge on any atom is 0.123 e. The fraction of sp³-hybridized carbons (Fsp3) is 0.133. The summed E-state index contributed by atoms with van der Waals surface area (Å²) in [7, 11) is 0. The number of rotatable bonds is 3. The molecule has 0 fully saturated rings. The maximum absolute atomic E-state index is 13.2. The van der Waals surface area contributed by atoms with E-state index in [4.69, 9.17) is 5.26 Å². The number of hydrogen-bond acceptors (Lipinski definition) is 2. The molecule has 0 aliphatic carbocycles. The molecule has 0 spiro atoms. The lowest BCUT2D eigenvalue weighted by Crippen LogP contribution is -2.02.